The molecule has 0 spiro atoms. The number of carbonyl (C=O) groups excluding carboxylic acids is 1. The molecule has 0 heterocycles. The van der Waals surface area contributed by atoms with E-state index in [0.29, 0.717) is 0 Å². The Balaban J connectivity index is 2.37. The molecule has 2 bridgehead atoms. The molecule has 3 aliphatic carbocycles. The minimum Gasteiger partial charge on any atom is -0.459 e. The number of rotatable bonds is 2. The van der Waals surface area contributed by atoms with Crippen LogP contribution in [0, 0.1) is 11.8 Å². The monoisotopic (exact) mass is 314 g/mol. The van der Waals surface area contributed by atoms with Gasteiger partial charge in [-0.15, -0.1) is 0 Å². The summed E-state index contributed by atoms with van der Waals surface area (Å²) in [4.78, 5) is 11.4. The second-order valence-corrected chi connectivity index (χ2v) is 5.73. The van der Waals surface area contributed by atoms with Gasteiger partial charge in [-0.2, -0.15) is 13.2 Å². The molecule has 3 nitrogen and oxygen atoms in total. The van der Waals surface area contributed by atoms with Gasteiger partial charge < -0.3 is 9.84 Å². The highest BCUT2D eigenvalue weighted by atomic mass is 19.4. The van der Waals surface area contributed by atoms with Gasteiger partial charge in [0, 0.05) is 17.4 Å². The number of halogens is 5. The Labute approximate surface area is 117 Å². The quantitative estimate of drug-likeness (QED) is 0.484. The molecule has 120 valence electrons. The summed E-state index contributed by atoms with van der Waals surface area (Å²) in [6, 6.07) is 0. The van der Waals surface area contributed by atoms with E-state index >= 15 is 0 Å². The second-order valence-electron chi connectivity index (χ2n) is 5.73. The second kappa shape index (κ2) is 4.66. The summed E-state index contributed by atoms with van der Waals surface area (Å²) in [5, 5.41) is 9.76. The summed E-state index contributed by atoms with van der Waals surface area (Å²) < 4.78 is 72.0. The molecule has 0 radical (unpaired) electrons. The molecule has 0 aromatic rings. The molecule has 0 amide bonds. The molecule has 3 fully saturated rings. The lowest BCUT2D eigenvalue weighted by atomic mass is 9.57. The molecule has 0 aliphatic heterocycles. The molecule has 1 N–H and O–H groups in total. The Morgan fingerprint density at radius 3 is 2.38 bits per heavy atom. The smallest absolute Gasteiger partial charge is 0.423 e. The van der Waals surface area contributed by atoms with E-state index in [-0.39, 0.29) is 18.4 Å². The van der Waals surface area contributed by atoms with Gasteiger partial charge in [-0.1, -0.05) is 6.58 Å². The molecular formula is C13H15F5O3. The number of esters is 1. The number of carbonyl (C=O) groups is 1. The first-order valence-electron chi connectivity index (χ1n) is 6.46. The molecule has 3 aliphatic rings. The van der Waals surface area contributed by atoms with Crippen LogP contribution < -0.4 is 0 Å². The van der Waals surface area contributed by atoms with Crippen molar-refractivity contribution in [3.05, 3.63) is 12.2 Å². The highest BCUT2D eigenvalue weighted by Gasteiger charge is 2.79. The Bertz CT molecular complexity index is 473. The van der Waals surface area contributed by atoms with E-state index in [4.69, 9.17) is 4.74 Å². The third-order valence-electron chi connectivity index (χ3n) is 4.39. The Morgan fingerprint density at radius 1 is 1.33 bits per heavy atom. The summed E-state index contributed by atoms with van der Waals surface area (Å²) in [6.07, 6.45) is -7.70. The minimum absolute atomic E-state index is 0.0428. The average Bonchev–Trinajstić information content (AvgIpc) is 2.34. The third-order valence-corrected chi connectivity index (χ3v) is 4.39. The summed E-state index contributed by atoms with van der Waals surface area (Å²) in [7, 11) is 0. The molecular weight excluding hydrogens is 299 g/mol. The van der Waals surface area contributed by atoms with Gasteiger partial charge in [0.05, 0.1) is 0 Å². The van der Waals surface area contributed by atoms with Gasteiger partial charge in [-0.05, 0) is 26.2 Å². The van der Waals surface area contributed by atoms with E-state index in [2.05, 4.69) is 6.58 Å². The predicted octanol–water partition coefficient (Wildman–Crippen LogP) is 2.83. The molecule has 4 unspecified atom stereocenters. The molecule has 0 aromatic carbocycles. The van der Waals surface area contributed by atoms with Crippen LogP contribution in [0.4, 0.5) is 22.0 Å². The number of hydrogen-bond donors (Lipinski definition) is 1. The molecule has 3 saturated carbocycles. The highest BCUT2D eigenvalue weighted by molar-refractivity contribution is 5.87. The van der Waals surface area contributed by atoms with Crippen LogP contribution >= 0.6 is 0 Å². The van der Waals surface area contributed by atoms with Crippen LogP contribution in [-0.4, -0.2) is 34.9 Å². The van der Waals surface area contributed by atoms with Crippen LogP contribution in [0.3, 0.4) is 0 Å². The molecule has 0 aromatic heterocycles. The summed E-state index contributed by atoms with van der Waals surface area (Å²) in [5.74, 6) is -8.78. The van der Waals surface area contributed by atoms with Crippen molar-refractivity contribution in [2.24, 2.45) is 11.8 Å². The lowest BCUT2D eigenvalue weighted by Gasteiger charge is -2.56. The molecule has 3 rings (SSSR count). The van der Waals surface area contributed by atoms with Gasteiger partial charge in [0.2, 0.25) is 5.60 Å². The van der Waals surface area contributed by atoms with Crippen LogP contribution in [0.25, 0.3) is 0 Å². The summed E-state index contributed by atoms with van der Waals surface area (Å²) >= 11 is 0. The fourth-order valence-corrected chi connectivity index (χ4v) is 3.26. The SMILES string of the molecule is C=C(C)C(=O)OC1CC2CCC1C(O)(C(F)(F)F)C2(F)F. The van der Waals surface area contributed by atoms with E-state index in [1.165, 1.54) is 6.92 Å². The van der Waals surface area contributed by atoms with Crippen LogP contribution in [0.15, 0.2) is 12.2 Å². The largest absolute Gasteiger partial charge is 0.459 e. The van der Waals surface area contributed by atoms with Crippen LogP contribution in [0.5, 0.6) is 0 Å². The zero-order valence-electron chi connectivity index (χ0n) is 11.2. The number of alkyl halides is 5. The van der Waals surface area contributed by atoms with Crippen molar-refractivity contribution in [2.45, 2.75) is 50.0 Å². The van der Waals surface area contributed by atoms with Gasteiger partial charge in [-0.25, -0.2) is 13.6 Å². The average molecular weight is 314 g/mol. The van der Waals surface area contributed by atoms with Gasteiger partial charge in [0.25, 0.3) is 5.92 Å². The maximum atomic E-state index is 14.0. The Hall–Kier alpha value is -1.18. The Morgan fingerprint density at radius 2 is 1.90 bits per heavy atom. The van der Waals surface area contributed by atoms with E-state index in [9.17, 15) is 31.9 Å². The lowest BCUT2D eigenvalue weighted by Crippen LogP contribution is -2.73. The predicted molar refractivity (Wildman–Crippen MR) is 61.5 cm³/mol. The van der Waals surface area contributed by atoms with Crippen molar-refractivity contribution in [1.82, 2.24) is 0 Å². The first-order valence-corrected chi connectivity index (χ1v) is 6.46. The van der Waals surface area contributed by atoms with E-state index in [0.717, 1.165) is 0 Å². The van der Waals surface area contributed by atoms with Crippen molar-refractivity contribution in [3.63, 3.8) is 0 Å². The fraction of sp³-hybridized carbons (Fsp3) is 0.769. The summed E-state index contributed by atoms with van der Waals surface area (Å²) in [5.41, 5.74) is -4.21. The van der Waals surface area contributed by atoms with Crippen molar-refractivity contribution < 1.29 is 36.6 Å². The molecule has 21 heavy (non-hydrogen) atoms. The van der Waals surface area contributed by atoms with Crippen LogP contribution in [0.1, 0.15) is 26.2 Å². The first-order chi connectivity index (χ1) is 9.43. The van der Waals surface area contributed by atoms with Gasteiger partial charge in [-0.3, -0.25) is 0 Å². The number of hydrogen-bond acceptors (Lipinski definition) is 3. The standard InChI is InChI=1S/C13H15F5O3/c1-6(2)10(19)21-9-5-7-3-4-8(9)11(20,12(7,14)15)13(16,17)18/h7-9,20H,1,3-5H2,2H3. The molecule has 4 atom stereocenters. The summed E-state index contributed by atoms with van der Waals surface area (Å²) in [6.45, 7) is 4.59. The number of ether oxygens (including phenoxy) is 1. The van der Waals surface area contributed by atoms with Gasteiger partial charge in [0.1, 0.15) is 6.10 Å². The molecule has 0 saturated heterocycles. The normalized spacial score (nSPS) is 38.1. The lowest BCUT2D eigenvalue weighted by molar-refractivity contribution is -0.397. The minimum atomic E-state index is -5.51. The van der Waals surface area contributed by atoms with E-state index in [1.807, 2.05) is 0 Å². The van der Waals surface area contributed by atoms with Crippen LogP contribution in [0.2, 0.25) is 0 Å². The zero-order valence-corrected chi connectivity index (χ0v) is 11.2. The fourth-order valence-electron chi connectivity index (χ4n) is 3.26. The van der Waals surface area contributed by atoms with E-state index < -0.39 is 48.0 Å². The van der Waals surface area contributed by atoms with Gasteiger partial charge in [0.15, 0.2) is 0 Å². The third kappa shape index (κ3) is 2.15. The number of fused-ring (bicyclic) bond motifs is 3. The van der Waals surface area contributed by atoms with Crippen molar-refractivity contribution in [2.75, 3.05) is 0 Å². The van der Waals surface area contributed by atoms with Crippen molar-refractivity contribution >= 4 is 5.97 Å². The van der Waals surface area contributed by atoms with Crippen LogP contribution in [-0.2, 0) is 9.53 Å². The number of aliphatic hydroxyl groups is 1. The Kier molecular flexibility index (Phi) is 3.59. The molecule has 8 heteroatoms. The first kappa shape index (κ1) is 16.2. The van der Waals surface area contributed by atoms with Crippen molar-refractivity contribution in [1.29, 1.82) is 0 Å². The van der Waals surface area contributed by atoms with Gasteiger partial charge >= 0.3 is 12.1 Å². The topological polar surface area (TPSA) is 46.5 Å². The zero-order chi connectivity index (χ0) is 16.2. The van der Waals surface area contributed by atoms with E-state index in [1.54, 1.807) is 0 Å². The highest BCUT2D eigenvalue weighted by Crippen LogP contribution is 2.61. The maximum Gasteiger partial charge on any atom is 0.423 e. The maximum absolute atomic E-state index is 14.0. The van der Waals surface area contributed by atoms with Crippen molar-refractivity contribution in [3.8, 4) is 0 Å².